The van der Waals surface area contributed by atoms with Crippen LogP contribution in [0.1, 0.15) is 6.92 Å². The van der Waals surface area contributed by atoms with Crippen LogP contribution in [0, 0.1) is 0 Å². The van der Waals surface area contributed by atoms with Gasteiger partial charge >= 0.3 is 5.97 Å². The summed E-state index contributed by atoms with van der Waals surface area (Å²) in [6.07, 6.45) is 0. The Labute approximate surface area is 195 Å². The maximum atomic E-state index is 12.4. The van der Waals surface area contributed by atoms with Gasteiger partial charge in [0.15, 0.2) is 11.4 Å². The van der Waals surface area contributed by atoms with Crippen molar-refractivity contribution in [3.63, 3.8) is 0 Å². The van der Waals surface area contributed by atoms with Gasteiger partial charge in [0.25, 0.3) is 5.91 Å². The van der Waals surface area contributed by atoms with E-state index in [-0.39, 0.29) is 34.6 Å². The third-order valence-electron chi connectivity index (χ3n) is 3.79. The minimum atomic E-state index is -0.576. The molecule has 3 aromatic rings. The Hall–Kier alpha value is -1.77. The molecule has 2 aromatic carbocycles. The van der Waals surface area contributed by atoms with Gasteiger partial charge < -0.3 is 14.0 Å². The molecule has 6 nitrogen and oxygen atoms in total. The Balaban J connectivity index is 1.94. The highest BCUT2D eigenvalue weighted by molar-refractivity contribution is 7.16. The summed E-state index contributed by atoms with van der Waals surface area (Å²) in [5, 5.41) is 1.30. The highest BCUT2D eigenvalue weighted by Crippen LogP contribution is 2.32. The van der Waals surface area contributed by atoms with E-state index in [1.54, 1.807) is 31.2 Å². The van der Waals surface area contributed by atoms with E-state index in [1.807, 2.05) is 0 Å². The van der Waals surface area contributed by atoms with Crippen molar-refractivity contribution < 1.29 is 19.1 Å². The highest BCUT2D eigenvalue weighted by Gasteiger charge is 2.16. The van der Waals surface area contributed by atoms with Crippen LogP contribution in [-0.2, 0) is 20.9 Å². The second-order valence-corrected chi connectivity index (χ2v) is 8.49. The predicted molar refractivity (Wildman–Crippen MR) is 119 cm³/mol. The molecule has 0 bridgehead atoms. The summed E-state index contributed by atoms with van der Waals surface area (Å²) in [6.45, 7) is 1.39. The summed E-state index contributed by atoms with van der Waals surface area (Å²) in [5.41, 5.74) is 0.496. The zero-order valence-electron chi connectivity index (χ0n) is 15.5. The molecule has 3 rings (SSSR count). The molecule has 0 saturated heterocycles. The smallest absolute Gasteiger partial charge is 0.326 e. The van der Waals surface area contributed by atoms with E-state index in [4.69, 9.17) is 55.9 Å². The third kappa shape index (κ3) is 5.28. The number of halogens is 4. The van der Waals surface area contributed by atoms with Crippen molar-refractivity contribution in [1.29, 1.82) is 0 Å². The molecule has 0 aliphatic carbocycles. The van der Waals surface area contributed by atoms with Gasteiger partial charge in [-0.3, -0.25) is 9.59 Å². The standard InChI is InChI=1S/C19H14Cl4N2O4S/c1-2-28-16(27)8-25-18-14(6-4-11(21)17(18)23)30-19(25)24-15(26)9-29-13-5-3-10(20)7-12(13)22/h3-7H,2,8-9H2,1H3. The molecule has 30 heavy (non-hydrogen) atoms. The summed E-state index contributed by atoms with van der Waals surface area (Å²) in [7, 11) is 0. The van der Waals surface area contributed by atoms with Gasteiger partial charge in [-0.2, -0.15) is 4.99 Å². The topological polar surface area (TPSA) is 69.9 Å². The van der Waals surface area contributed by atoms with Crippen LogP contribution >= 0.6 is 57.7 Å². The molecule has 0 unspecified atom stereocenters. The average Bonchev–Trinajstić information content (AvgIpc) is 3.02. The largest absolute Gasteiger partial charge is 0.482 e. The molecule has 0 N–H and O–H groups in total. The van der Waals surface area contributed by atoms with Crippen LogP contribution in [0.15, 0.2) is 35.3 Å². The number of amides is 1. The molecule has 0 aliphatic heterocycles. The third-order valence-corrected chi connectivity index (χ3v) is 6.16. The second kappa shape index (κ2) is 10.0. The number of carbonyl (C=O) groups excluding carboxylic acids is 2. The quantitative estimate of drug-likeness (QED) is 0.419. The molecule has 11 heteroatoms. The van der Waals surface area contributed by atoms with Crippen LogP contribution in [-0.4, -0.2) is 29.7 Å². The Kier molecular flexibility index (Phi) is 7.65. The van der Waals surface area contributed by atoms with Gasteiger partial charge in [0.05, 0.1) is 31.9 Å². The Bertz CT molecular complexity index is 1190. The van der Waals surface area contributed by atoms with Crippen molar-refractivity contribution in [2.75, 3.05) is 13.2 Å². The van der Waals surface area contributed by atoms with E-state index in [9.17, 15) is 9.59 Å². The first-order chi connectivity index (χ1) is 14.3. The fourth-order valence-electron chi connectivity index (χ4n) is 2.54. The number of thiazole rings is 1. The lowest BCUT2D eigenvalue weighted by atomic mass is 10.3. The number of ether oxygens (including phenoxy) is 2. The number of rotatable bonds is 6. The first-order valence-corrected chi connectivity index (χ1v) is 10.9. The SMILES string of the molecule is CCOC(=O)Cn1c(=NC(=O)COc2ccc(Cl)cc2Cl)sc2ccc(Cl)c(Cl)c21. The molecule has 0 radical (unpaired) electrons. The normalized spacial score (nSPS) is 11.7. The van der Waals surface area contributed by atoms with E-state index < -0.39 is 11.9 Å². The van der Waals surface area contributed by atoms with Gasteiger partial charge in [0.1, 0.15) is 12.3 Å². The number of esters is 1. The number of fused-ring (bicyclic) bond motifs is 1. The van der Waals surface area contributed by atoms with Crippen LogP contribution < -0.4 is 9.54 Å². The molecule has 1 amide bonds. The Morgan fingerprint density at radius 3 is 2.57 bits per heavy atom. The van der Waals surface area contributed by atoms with Crippen molar-refractivity contribution in [1.82, 2.24) is 4.57 Å². The average molecular weight is 508 g/mol. The molecular weight excluding hydrogens is 494 g/mol. The van der Waals surface area contributed by atoms with E-state index in [0.717, 1.165) is 0 Å². The maximum absolute atomic E-state index is 12.4. The van der Waals surface area contributed by atoms with Crippen LogP contribution in [0.3, 0.4) is 0 Å². The molecule has 1 heterocycles. The minimum absolute atomic E-state index is 0.177. The number of benzene rings is 2. The van der Waals surface area contributed by atoms with Crippen LogP contribution in [0.25, 0.3) is 10.2 Å². The van der Waals surface area contributed by atoms with E-state index in [0.29, 0.717) is 26.0 Å². The first kappa shape index (κ1) is 22.9. The van der Waals surface area contributed by atoms with Gasteiger partial charge in [0, 0.05) is 5.02 Å². The van der Waals surface area contributed by atoms with Crippen molar-refractivity contribution in [3.8, 4) is 5.75 Å². The van der Waals surface area contributed by atoms with Gasteiger partial charge in [-0.1, -0.05) is 57.7 Å². The van der Waals surface area contributed by atoms with Crippen molar-refractivity contribution >= 4 is 79.8 Å². The summed E-state index contributed by atoms with van der Waals surface area (Å²) >= 11 is 25.5. The van der Waals surface area contributed by atoms with Gasteiger partial charge in [-0.25, -0.2) is 0 Å². The van der Waals surface area contributed by atoms with Crippen LogP contribution in [0.5, 0.6) is 5.75 Å². The molecule has 0 atom stereocenters. The molecular formula is C19H14Cl4N2O4S. The predicted octanol–water partition coefficient (Wildman–Crippen LogP) is 5.39. The summed E-state index contributed by atoms with van der Waals surface area (Å²) in [6, 6.07) is 8.03. The number of hydrogen-bond donors (Lipinski definition) is 0. The molecule has 158 valence electrons. The number of hydrogen-bond acceptors (Lipinski definition) is 5. The van der Waals surface area contributed by atoms with E-state index in [2.05, 4.69) is 4.99 Å². The van der Waals surface area contributed by atoms with Crippen molar-refractivity contribution in [2.45, 2.75) is 13.5 Å². The van der Waals surface area contributed by atoms with Gasteiger partial charge in [-0.05, 0) is 37.3 Å². The number of nitrogens with zero attached hydrogens (tertiary/aromatic N) is 2. The maximum Gasteiger partial charge on any atom is 0.326 e. The summed E-state index contributed by atoms with van der Waals surface area (Å²) in [4.78, 5) is 28.8. The van der Waals surface area contributed by atoms with Crippen molar-refractivity contribution in [3.05, 3.63) is 55.2 Å². The fourth-order valence-corrected chi connectivity index (χ4v) is 4.54. The van der Waals surface area contributed by atoms with Crippen LogP contribution in [0.2, 0.25) is 20.1 Å². The highest BCUT2D eigenvalue weighted by atomic mass is 35.5. The lowest BCUT2D eigenvalue weighted by Crippen LogP contribution is -2.24. The van der Waals surface area contributed by atoms with Crippen LogP contribution in [0.4, 0.5) is 0 Å². The molecule has 1 aromatic heterocycles. The lowest BCUT2D eigenvalue weighted by Gasteiger charge is -2.07. The second-order valence-electron chi connectivity index (χ2n) is 5.85. The number of carbonyl (C=O) groups is 2. The van der Waals surface area contributed by atoms with Gasteiger partial charge in [-0.15, -0.1) is 0 Å². The molecule has 0 saturated carbocycles. The summed E-state index contributed by atoms with van der Waals surface area (Å²) in [5.74, 6) is -0.770. The van der Waals surface area contributed by atoms with E-state index >= 15 is 0 Å². The van der Waals surface area contributed by atoms with E-state index in [1.165, 1.54) is 22.0 Å². The lowest BCUT2D eigenvalue weighted by molar-refractivity contribution is -0.143. The summed E-state index contributed by atoms with van der Waals surface area (Å²) < 4.78 is 12.6. The minimum Gasteiger partial charge on any atom is -0.482 e. The number of aromatic nitrogens is 1. The van der Waals surface area contributed by atoms with Crippen molar-refractivity contribution in [2.24, 2.45) is 4.99 Å². The Morgan fingerprint density at radius 1 is 1.10 bits per heavy atom. The monoisotopic (exact) mass is 506 g/mol. The Morgan fingerprint density at radius 2 is 1.87 bits per heavy atom. The fraction of sp³-hybridized carbons (Fsp3) is 0.211. The molecule has 0 aliphatic rings. The zero-order chi connectivity index (χ0) is 21.8. The zero-order valence-corrected chi connectivity index (χ0v) is 19.3. The van der Waals surface area contributed by atoms with Gasteiger partial charge in [0.2, 0.25) is 0 Å². The molecule has 0 spiro atoms. The first-order valence-electron chi connectivity index (χ1n) is 8.58. The molecule has 0 fully saturated rings.